The molecule has 1 aliphatic heterocycles. The number of nitrogens with two attached hydrogens (primary N) is 1. The van der Waals surface area contributed by atoms with E-state index >= 15 is 0 Å². The molecule has 3 rings (SSSR count). The van der Waals surface area contributed by atoms with Gasteiger partial charge < -0.3 is 19.7 Å². The van der Waals surface area contributed by atoms with Crippen molar-refractivity contribution >= 4 is 5.69 Å². The number of aromatic nitrogens is 2. The second-order valence-corrected chi connectivity index (χ2v) is 4.12. The molecular formula is C12H12FN3O3. The van der Waals surface area contributed by atoms with Crippen molar-refractivity contribution in [2.45, 2.75) is 6.10 Å². The SMILES string of the molecule is Nc1ccc(F)cc1-c1nc(C2COCCO2)no1. The molecule has 7 heteroatoms. The van der Waals surface area contributed by atoms with Gasteiger partial charge >= 0.3 is 0 Å². The van der Waals surface area contributed by atoms with Gasteiger partial charge in [-0.1, -0.05) is 5.16 Å². The fourth-order valence-electron chi connectivity index (χ4n) is 1.83. The smallest absolute Gasteiger partial charge is 0.260 e. The lowest BCUT2D eigenvalue weighted by molar-refractivity contribution is -0.0941. The summed E-state index contributed by atoms with van der Waals surface area (Å²) in [5.41, 5.74) is 6.50. The maximum absolute atomic E-state index is 13.2. The summed E-state index contributed by atoms with van der Waals surface area (Å²) < 4.78 is 29.0. The molecule has 1 unspecified atom stereocenters. The Bertz CT molecular complexity index is 581. The average molecular weight is 265 g/mol. The second kappa shape index (κ2) is 4.94. The minimum atomic E-state index is -0.416. The molecule has 6 nitrogen and oxygen atoms in total. The summed E-state index contributed by atoms with van der Waals surface area (Å²) in [7, 11) is 0. The van der Waals surface area contributed by atoms with Crippen molar-refractivity contribution in [1.82, 2.24) is 10.1 Å². The molecule has 1 aromatic carbocycles. The van der Waals surface area contributed by atoms with Crippen LogP contribution in [-0.4, -0.2) is 30.0 Å². The van der Waals surface area contributed by atoms with E-state index in [1.807, 2.05) is 0 Å². The lowest BCUT2D eigenvalue weighted by atomic mass is 10.2. The number of hydrogen-bond donors (Lipinski definition) is 1. The van der Waals surface area contributed by atoms with E-state index in [0.29, 0.717) is 36.9 Å². The van der Waals surface area contributed by atoms with Crippen LogP contribution in [0.2, 0.25) is 0 Å². The minimum Gasteiger partial charge on any atom is -0.398 e. The van der Waals surface area contributed by atoms with Crippen molar-refractivity contribution in [1.29, 1.82) is 0 Å². The molecule has 19 heavy (non-hydrogen) atoms. The first-order chi connectivity index (χ1) is 9.24. The Hall–Kier alpha value is -1.99. The standard InChI is InChI=1S/C12H12FN3O3/c13-7-1-2-9(14)8(5-7)12-15-11(16-19-12)10-6-17-3-4-18-10/h1-2,5,10H,3-4,6,14H2. The summed E-state index contributed by atoms with van der Waals surface area (Å²) in [6.07, 6.45) is -0.360. The van der Waals surface area contributed by atoms with Crippen LogP contribution in [0.5, 0.6) is 0 Å². The van der Waals surface area contributed by atoms with Gasteiger partial charge in [-0.2, -0.15) is 4.98 Å². The third-order valence-electron chi connectivity index (χ3n) is 2.79. The van der Waals surface area contributed by atoms with Crippen LogP contribution in [0, 0.1) is 5.82 Å². The van der Waals surface area contributed by atoms with Crippen LogP contribution >= 0.6 is 0 Å². The van der Waals surface area contributed by atoms with Gasteiger partial charge in [0.1, 0.15) is 11.9 Å². The Labute approximate surface area is 108 Å². The molecule has 1 saturated heterocycles. The van der Waals surface area contributed by atoms with Gasteiger partial charge in [-0.3, -0.25) is 0 Å². The zero-order chi connectivity index (χ0) is 13.2. The van der Waals surface area contributed by atoms with Crippen molar-refractivity contribution in [3.05, 3.63) is 29.8 Å². The van der Waals surface area contributed by atoms with E-state index in [-0.39, 0.29) is 12.0 Å². The number of ether oxygens (including phenoxy) is 2. The van der Waals surface area contributed by atoms with Crippen LogP contribution in [-0.2, 0) is 9.47 Å². The van der Waals surface area contributed by atoms with Gasteiger partial charge in [-0.05, 0) is 18.2 Å². The van der Waals surface area contributed by atoms with Gasteiger partial charge in [0, 0.05) is 5.69 Å². The largest absolute Gasteiger partial charge is 0.398 e. The first kappa shape index (κ1) is 12.1. The van der Waals surface area contributed by atoms with E-state index in [1.54, 1.807) is 0 Å². The highest BCUT2D eigenvalue weighted by Gasteiger charge is 2.23. The summed E-state index contributed by atoms with van der Waals surface area (Å²) in [6.45, 7) is 1.41. The maximum atomic E-state index is 13.2. The van der Waals surface area contributed by atoms with E-state index < -0.39 is 5.82 Å². The fourth-order valence-corrected chi connectivity index (χ4v) is 1.83. The molecule has 100 valence electrons. The highest BCUT2D eigenvalue weighted by Crippen LogP contribution is 2.27. The van der Waals surface area contributed by atoms with Crippen molar-refractivity contribution in [2.75, 3.05) is 25.6 Å². The fraction of sp³-hybridized carbons (Fsp3) is 0.333. The van der Waals surface area contributed by atoms with Gasteiger partial charge in [0.15, 0.2) is 0 Å². The average Bonchev–Trinajstić information content (AvgIpc) is 2.92. The predicted molar refractivity (Wildman–Crippen MR) is 63.6 cm³/mol. The first-order valence-corrected chi connectivity index (χ1v) is 5.82. The molecule has 0 spiro atoms. The number of benzene rings is 1. The molecule has 1 aromatic heterocycles. The van der Waals surface area contributed by atoms with E-state index in [1.165, 1.54) is 18.2 Å². The molecule has 0 saturated carbocycles. The van der Waals surface area contributed by atoms with Crippen molar-refractivity contribution in [2.24, 2.45) is 0 Å². The third kappa shape index (κ3) is 2.42. The predicted octanol–water partition coefficient (Wildman–Crippen LogP) is 1.55. The lowest BCUT2D eigenvalue weighted by Gasteiger charge is -2.19. The van der Waals surface area contributed by atoms with Gasteiger partial charge in [0.05, 0.1) is 25.4 Å². The highest BCUT2D eigenvalue weighted by molar-refractivity contribution is 5.70. The van der Waals surface area contributed by atoms with Gasteiger partial charge in [0.25, 0.3) is 5.89 Å². The molecule has 0 aliphatic carbocycles. The zero-order valence-electron chi connectivity index (χ0n) is 10.0. The Morgan fingerprint density at radius 2 is 2.21 bits per heavy atom. The molecule has 1 atom stereocenters. The second-order valence-electron chi connectivity index (χ2n) is 4.12. The molecule has 0 bridgehead atoms. The van der Waals surface area contributed by atoms with Crippen LogP contribution in [0.1, 0.15) is 11.9 Å². The number of rotatable bonds is 2. The van der Waals surface area contributed by atoms with Gasteiger partial charge in [0.2, 0.25) is 5.82 Å². The van der Waals surface area contributed by atoms with Crippen molar-refractivity contribution in [3.8, 4) is 11.5 Å². The van der Waals surface area contributed by atoms with Gasteiger partial charge in [-0.25, -0.2) is 4.39 Å². The molecule has 2 N–H and O–H groups in total. The van der Waals surface area contributed by atoms with Crippen LogP contribution in [0.3, 0.4) is 0 Å². The van der Waals surface area contributed by atoms with E-state index in [0.717, 1.165) is 0 Å². The molecule has 2 aromatic rings. The number of anilines is 1. The van der Waals surface area contributed by atoms with E-state index in [4.69, 9.17) is 19.7 Å². The Morgan fingerprint density at radius 1 is 1.32 bits per heavy atom. The summed E-state index contributed by atoms with van der Waals surface area (Å²) >= 11 is 0. The van der Waals surface area contributed by atoms with Crippen LogP contribution in [0.4, 0.5) is 10.1 Å². The lowest BCUT2D eigenvalue weighted by Crippen LogP contribution is -2.22. The van der Waals surface area contributed by atoms with E-state index in [2.05, 4.69) is 10.1 Å². The first-order valence-electron chi connectivity index (χ1n) is 5.82. The third-order valence-corrected chi connectivity index (χ3v) is 2.79. The van der Waals surface area contributed by atoms with Crippen molar-refractivity contribution in [3.63, 3.8) is 0 Å². The summed E-state index contributed by atoms with van der Waals surface area (Å²) in [5.74, 6) is 0.126. The number of halogens is 1. The van der Waals surface area contributed by atoms with Gasteiger partial charge in [-0.15, -0.1) is 0 Å². The molecule has 0 amide bonds. The molecule has 0 radical (unpaired) electrons. The Morgan fingerprint density at radius 3 is 3.00 bits per heavy atom. The van der Waals surface area contributed by atoms with Crippen LogP contribution < -0.4 is 5.73 Å². The van der Waals surface area contributed by atoms with Crippen molar-refractivity contribution < 1.29 is 18.4 Å². The Balaban J connectivity index is 1.89. The topological polar surface area (TPSA) is 83.4 Å². The molecular weight excluding hydrogens is 253 g/mol. The van der Waals surface area contributed by atoms with Crippen LogP contribution in [0.15, 0.2) is 22.7 Å². The zero-order valence-corrected chi connectivity index (χ0v) is 10.0. The monoisotopic (exact) mass is 265 g/mol. The molecule has 2 heterocycles. The number of nitrogen functional groups attached to an aromatic ring is 1. The minimum absolute atomic E-state index is 0.168. The summed E-state index contributed by atoms with van der Waals surface area (Å²) in [6, 6.07) is 3.98. The number of nitrogens with zero attached hydrogens (tertiary/aromatic N) is 2. The summed E-state index contributed by atoms with van der Waals surface area (Å²) in [4.78, 5) is 4.18. The maximum Gasteiger partial charge on any atom is 0.260 e. The van der Waals surface area contributed by atoms with Crippen LogP contribution in [0.25, 0.3) is 11.5 Å². The molecule has 1 aliphatic rings. The Kier molecular flexibility index (Phi) is 3.14. The number of hydrogen-bond acceptors (Lipinski definition) is 6. The quantitative estimate of drug-likeness (QED) is 0.829. The normalized spacial score (nSPS) is 19.5. The van der Waals surface area contributed by atoms with E-state index in [9.17, 15) is 4.39 Å². The molecule has 1 fully saturated rings. The summed E-state index contributed by atoms with van der Waals surface area (Å²) in [5, 5.41) is 3.82. The highest BCUT2D eigenvalue weighted by atomic mass is 19.1.